The number of rotatable bonds is 3. The Morgan fingerprint density at radius 3 is 2.45 bits per heavy atom. The van der Waals surface area contributed by atoms with Crippen LogP contribution in [0.1, 0.15) is 37.9 Å². The molecule has 0 spiro atoms. The summed E-state index contributed by atoms with van der Waals surface area (Å²) >= 11 is 6.15. The number of ether oxygens (including phenoxy) is 1. The minimum Gasteiger partial charge on any atom is -0.444 e. The zero-order valence-electron chi connectivity index (χ0n) is 12.4. The molecule has 1 rings (SSSR count). The molecule has 0 saturated carbocycles. The highest BCUT2D eigenvalue weighted by atomic mass is 35.5. The maximum atomic E-state index is 12.0. The number of halogens is 1. The summed E-state index contributed by atoms with van der Waals surface area (Å²) in [4.78, 5) is 24.6. The van der Waals surface area contributed by atoms with Crippen molar-refractivity contribution in [3.05, 3.63) is 34.3 Å². The van der Waals surface area contributed by atoms with Crippen LogP contribution in [-0.2, 0) is 9.53 Å². The van der Waals surface area contributed by atoms with Gasteiger partial charge in [0, 0.05) is 17.6 Å². The van der Waals surface area contributed by atoms with Crippen LogP contribution in [0.2, 0.25) is 5.02 Å². The quantitative estimate of drug-likeness (QED) is 0.798. The lowest BCUT2D eigenvalue weighted by Crippen LogP contribution is -2.37. The van der Waals surface area contributed by atoms with Crippen LogP contribution in [0.4, 0.5) is 4.79 Å². The molecule has 0 aliphatic carbocycles. The van der Waals surface area contributed by atoms with Gasteiger partial charge in [-0.05, 0) is 39.3 Å². The first-order chi connectivity index (χ1) is 9.15. The van der Waals surface area contributed by atoms with Gasteiger partial charge in [-0.3, -0.25) is 4.90 Å². The second kappa shape index (κ2) is 6.27. The molecular formula is C15H20ClNO3. The Kier molecular flexibility index (Phi) is 5.17. The SMILES string of the molecule is Cc1ccc(C(C=O)N(C)C(=O)OC(C)(C)C)c(Cl)c1. The van der Waals surface area contributed by atoms with Gasteiger partial charge in [0.2, 0.25) is 0 Å². The number of carbonyl (C=O) groups excluding carboxylic acids is 2. The van der Waals surface area contributed by atoms with E-state index >= 15 is 0 Å². The van der Waals surface area contributed by atoms with Crippen molar-refractivity contribution >= 4 is 24.0 Å². The van der Waals surface area contributed by atoms with Gasteiger partial charge >= 0.3 is 6.09 Å². The van der Waals surface area contributed by atoms with Crippen LogP contribution < -0.4 is 0 Å². The summed E-state index contributed by atoms with van der Waals surface area (Å²) in [6.45, 7) is 7.22. The summed E-state index contributed by atoms with van der Waals surface area (Å²) in [5, 5.41) is 0.456. The summed E-state index contributed by atoms with van der Waals surface area (Å²) in [5.41, 5.74) is 0.958. The zero-order chi connectivity index (χ0) is 15.5. The highest BCUT2D eigenvalue weighted by Gasteiger charge is 2.27. The summed E-state index contributed by atoms with van der Waals surface area (Å²) in [6.07, 6.45) is 0.117. The Labute approximate surface area is 124 Å². The summed E-state index contributed by atoms with van der Waals surface area (Å²) in [6, 6.07) is 4.59. The summed E-state index contributed by atoms with van der Waals surface area (Å²) in [5.74, 6) is 0. The van der Waals surface area contributed by atoms with Crippen molar-refractivity contribution in [3.63, 3.8) is 0 Å². The van der Waals surface area contributed by atoms with E-state index < -0.39 is 17.7 Å². The normalized spacial score (nSPS) is 12.7. The molecule has 0 fully saturated rings. The van der Waals surface area contributed by atoms with Gasteiger partial charge in [0.25, 0.3) is 0 Å². The van der Waals surface area contributed by atoms with Crippen LogP contribution in [0.3, 0.4) is 0 Å². The fourth-order valence-electron chi connectivity index (χ4n) is 1.69. The third kappa shape index (κ3) is 4.23. The minimum atomic E-state index is -0.766. The van der Waals surface area contributed by atoms with Crippen LogP contribution in [0.15, 0.2) is 18.2 Å². The molecule has 0 aliphatic rings. The standard InChI is InChI=1S/C15H20ClNO3/c1-10-6-7-11(12(16)8-10)13(9-18)17(5)14(19)20-15(2,3)4/h6-9,13H,1-5H3. The lowest BCUT2D eigenvalue weighted by Gasteiger charge is -2.28. The fraction of sp³-hybridized carbons (Fsp3) is 0.467. The Hall–Kier alpha value is -1.55. The van der Waals surface area contributed by atoms with Gasteiger partial charge in [0.1, 0.15) is 17.9 Å². The second-order valence-corrected chi connectivity index (χ2v) is 6.10. The van der Waals surface area contributed by atoms with Gasteiger partial charge in [0.15, 0.2) is 0 Å². The Balaban J connectivity index is 3.01. The molecule has 0 radical (unpaired) electrons. The molecule has 0 saturated heterocycles. The molecule has 20 heavy (non-hydrogen) atoms. The number of benzene rings is 1. The van der Waals surface area contributed by atoms with Crippen LogP contribution in [0, 0.1) is 6.92 Å². The van der Waals surface area contributed by atoms with Gasteiger partial charge in [0.05, 0.1) is 0 Å². The van der Waals surface area contributed by atoms with Gasteiger partial charge in [-0.1, -0.05) is 23.7 Å². The number of nitrogens with zero attached hydrogens (tertiary/aromatic N) is 1. The van der Waals surface area contributed by atoms with E-state index in [1.54, 1.807) is 32.9 Å². The number of aryl methyl sites for hydroxylation is 1. The number of aldehydes is 1. The first kappa shape index (κ1) is 16.5. The van der Waals surface area contributed by atoms with Crippen molar-refractivity contribution < 1.29 is 14.3 Å². The second-order valence-electron chi connectivity index (χ2n) is 5.70. The molecule has 1 aromatic carbocycles. The highest BCUT2D eigenvalue weighted by molar-refractivity contribution is 6.31. The summed E-state index contributed by atoms with van der Waals surface area (Å²) < 4.78 is 5.25. The van der Waals surface area contributed by atoms with E-state index in [2.05, 4.69) is 0 Å². The first-order valence-electron chi connectivity index (χ1n) is 6.33. The van der Waals surface area contributed by atoms with E-state index in [0.717, 1.165) is 5.56 Å². The first-order valence-corrected chi connectivity index (χ1v) is 6.70. The van der Waals surface area contributed by atoms with E-state index in [1.807, 2.05) is 13.0 Å². The highest BCUT2D eigenvalue weighted by Crippen LogP contribution is 2.27. The van der Waals surface area contributed by atoms with E-state index in [9.17, 15) is 9.59 Å². The van der Waals surface area contributed by atoms with Crippen molar-refractivity contribution in [2.45, 2.75) is 39.3 Å². The molecule has 0 bridgehead atoms. The average molecular weight is 298 g/mol. The molecule has 0 heterocycles. The molecule has 0 N–H and O–H groups in total. The third-order valence-corrected chi connectivity index (χ3v) is 3.03. The monoisotopic (exact) mass is 297 g/mol. The largest absolute Gasteiger partial charge is 0.444 e. The molecule has 0 aromatic heterocycles. The average Bonchev–Trinajstić information content (AvgIpc) is 2.30. The van der Waals surface area contributed by atoms with Gasteiger partial charge in [-0.25, -0.2) is 4.79 Å². The number of carbonyl (C=O) groups is 2. The van der Waals surface area contributed by atoms with E-state index in [0.29, 0.717) is 16.9 Å². The lowest BCUT2D eigenvalue weighted by molar-refractivity contribution is -0.112. The molecule has 1 amide bonds. The number of likely N-dealkylation sites (N-methyl/N-ethyl adjacent to an activating group) is 1. The van der Waals surface area contributed by atoms with Gasteiger partial charge < -0.3 is 9.53 Å². The van der Waals surface area contributed by atoms with Crippen molar-refractivity contribution in [1.82, 2.24) is 4.90 Å². The molecule has 110 valence electrons. The van der Waals surface area contributed by atoms with E-state index in [-0.39, 0.29) is 0 Å². The van der Waals surface area contributed by atoms with Crippen molar-refractivity contribution in [1.29, 1.82) is 0 Å². The third-order valence-electron chi connectivity index (χ3n) is 2.70. The number of hydrogen-bond donors (Lipinski definition) is 0. The molecule has 1 atom stereocenters. The van der Waals surface area contributed by atoms with E-state index in [4.69, 9.17) is 16.3 Å². The molecular weight excluding hydrogens is 278 g/mol. The van der Waals surface area contributed by atoms with Crippen molar-refractivity contribution in [2.24, 2.45) is 0 Å². The Bertz CT molecular complexity index is 508. The van der Waals surface area contributed by atoms with Crippen LogP contribution in [-0.4, -0.2) is 29.9 Å². The van der Waals surface area contributed by atoms with Crippen molar-refractivity contribution in [2.75, 3.05) is 7.05 Å². The van der Waals surface area contributed by atoms with E-state index in [1.165, 1.54) is 11.9 Å². The predicted molar refractivity (Wildman–Crippen MR) is 79.0 cm³/mol. The number of amides is 1. The smallest absolute Gasteiger partial charge is 0.410 e. The molecule has 1 unspecified atom stereocenters. The Morgan fingerprint density at radius 1 is 1.40 bits per heavy atom. The molecule has 5 heteroatoms. The fourth-order valence-corrected chi connectivity index (χ4v) is 2.04. The van der Waals surface area contributed by atoms with Gasteiger partial charge in [-0.2, -0.15) is 0 Å². The summed E-state index contributed by atoms with van der Waals surface area (Å²) in [7, 11) is 1.52. The Morgan fingerprint density at radius 2 is 2.00 bits per heavy atom. The van der Waals surface area contributed by atoms with Crippen molar-refractivity contribution in [3.8, 4) is 0 Å². The topological polar surface area (TPSA) is 46.6 Å². The maximum absolute atomic E-state index is 12.0. The zero-order valence-corrected chi connectivity index (χ0v) is 13.2. The molecule has 1 aromatic rings. The van der Waals surface area contributed by atoms with Gasteiger partial charge in [-0.15, -0.1) is 0 Å². The number of hydrogen-bond acceptors (Lipinski definition) is 3. The van der Waals surface area contributed by atoms with Crippen LogP contribution >= 0.6 is 11.6 Å². The minimum absolute atomic E-state index is 0.456. The lowest BCUT2D eigenvalue weighted by atomic mass is 10.1. The predicted octanol–water partition coefficient (Wildman–Crippen LogP) is 3.76. The molecule has 0 aliphatic heterocycles. The maximum Gasteiger partial charge on any atom is 0.410 e. The van der Waals surface area contributed by atoms with Crippen LogP contribution in [0.5, 0.6) is 0 Å². The molecule has 4 nitrogen and oxygen atoms in total. The van der Waals surface area contributed by atoms with Crippen LogP contribution in [0.25, 0.3) is 0 Å².